The van der Waals surface area contributed by atoms with E-state index in [2.05, 4.69) is 5.32 Å². The predicted octanol–water partition coefficient (Wildman–Crippen LogP) is 0.638. The zero-order valence-electron chi connectivity index (χ0n) is 23.1. The Morgan fingerprint density at radius 1 is 0.905 bits per heavy atom. The minimum absolute atomic E-state index is 0.00196. The Morgan fingerprint density at radius 2 is 1.45 bits per heavy atom. The predicted molar refractivity (Wildman–Crippen MR) is 173 cm³/mol. The maximum Gasteiger partial charge on any atom is 0.337 e. The van der Waals surface area contributed by atoms with Crippen LogP contribution >= 0.6 is 67.8 Å². The molecule has 42 heavy (non-hydrogen) atoms. The highest BCUT2D eigenvalue weighted by Gasteiger charge is 2.32. The molecule has 6 N–H and O–H groups in total. The molecule has 15 nitrogen and oxygen atoms in total. The van der Waals surface area contributed by atoms with Crippen molar-refractivity contribution < 1.29 is 58.3 Å². The number of aromatic carboxylic acids is 1. The number of benzene rings is 1. The largest absolute Gasteiger partial charge is 0.478 e. The summed E-state index contributed by atoms with van der Waals surface area (Å²) in [5.41, 5.74) is 4.79. The summed E-state index contributed by atoms with van der Waals surface area (Å²) in [6.07, 6.45) is -1.79. The number of esters is 3. The molecule has 1 aromatic carbocycles. The van der Waals surface area contributed by atoms with Crippen LogP contribution in [0.1, 0.15) is 48.4 Å². The van der Waals surface area contributed by atoms with Gasteiger partial charge in [0, 0.05) is 37.8 Å². The molecule has 0 bridgehead atoms. The van der Waals surface area contributed by atoms with E-state index in [1.54, 1.807) is 45.2 Å². The summed E-state index contributed by atoms with van der Waals surface area (Å²) in [6, 6.07) is 0. The Morgan fingerprint density at radius 3 is 1.86 bits per heavy atom. The number of hydrogen-bond acceptors (Lipinski definition) is 12. The van der Waals surface area contributed by atoms with Crippen LogP contribution in [0, 0.1) is 10.7 Å². The van der Waals surface area contributed by atoms with Crippen molar-refractivity contribution >= 4 is 109 Å². The summed E-state index contributed by atoms with van der Waals surface area (Å²) in [6.45, 7) is 3.93. The number of carbonyl (C=O) groups is 6. The Bertz CT molecular complexity index is 1160. The topological polar surface area (TPSA) is 232 Å². The highest BCUT2D eigenvalue weighted by Crippen LogP contribution is 2.38. The van der Waals surface area contributed by atoms with Crippen molar-refractivity contribution in [3.63, 3.8) is 0 Å². The monoisotopic (exact) mass is 935 g/mol. The normalized spacial score (nSPS) is 11.7. The first-order valence-corrected chi connectivity index (χ1v) is 15.2. The van der Waals surface area contributed by atoms with Gasteiger partial charge in [-0.2, -0.15) is 0 Å². The summed E-state index contributed by atoms with van der Waals surface area (Å²) in [5, 5.41) is 28.7. The van der Waals surface area contributed by atoms with Gasteiger partial charge in [-0.25, -0.2) is 4.79 Å². The fourth-order valence-electron chi connectivity index (χ4n) is 2.95. The van der Waals surface area contributed by atoms with Crippen LogP contribution in [0.5, 0.6) is 0 Å². The molecule has 1 aromatic rings. The zero-order valence-corrected chi connectivity index (χ0v) is 29.5. The van der Waals surface area contributed by atoms with E-state index in [4.69, 9.17) is 30.2 Å². The van der Waals surface area contributed by atoms with Gasteiger partial charge in [-0.15, -0.1) is 0 Å². The lowest BCUT2D eigenvalue weighted by Gasteiger charge is -2.29. The van der Waals surface area contributed by atoms with Crippen LogP contribution in [0.25, 0.3) is 0 Å². The smallest absolute Gasteiger partial charge is 0.337 e. The lowest BCUT2D eigenvalue weighted by atomic mass is 10.1. The number of anilines is 1. The molecule has 0 heterocycles. The van der Waals surface area contributed by atoms with Gasteiger partial charge in [-0.3, -0.25) is 24.0 Å². The molecule has 0 spiro atoms. The number of nitrogens with two attached hydrogens (primary N) is 1. The van der Waals surface area contributed by atoms with Crippen molar-refractivity contribution in [1.82, 2.24) is 5.32 Å². The van der Waals surface area contributed by atoms with Gasteiger partial charge in [0.25, 0.3) is 5.91 Å². The molecule has 0 saturated carbocycles. The number of carbonyl (C=O) groups excluding carboxylic acids is 5. The number of carboxylic acid groups (broad SMARTS) is 1. The first kappa shape index (κ1) is 40.1. The van der Waals surface area contributed by atoms with Gasteiger partial charge in [0.1, 0.15) is 13.2 Å². The number of aliphatic hydroxyl groups is 2. The van der Waals surface area contributed by atoms with Gasteiger partial charge < -0.3 is 45.5 Å². The van der Waals surface area contributed by atoms with E-state index in [9.17, 15) is 33.9 Å². The van der Waals surface area contributed by atoms with E-state index in [0.29, 0.717) is 0 Å². The summed E-state index contributed by atoms with van der Waals surface area (Å²) >= 11 is 5.36. The Kier molecular flexibility index (Phi) is 19.2. The maximum atomic E-state index is 13.0. The number of aliphatic hydroxyl groups excluding tert-OH is 2. The number of carboxylic acids is 1. The molecule has 2 amide bonds. The molecule has 2 atom stereocenters. The van der Waals surface area contributed by atoms with Crippen LogP contribution < -0.4 is 16.0 Å². The van der Waals surface area contributed by atoms with Crippen LogP contribution in [0.3, 0.4) is 0 Å². The second kappa shape index (κ2) is 20.1. The summed E-state index contributed by atoms with van der Waals surface area (Å²) in [7, 11) is 0. The zero-order chi connectivity index (χ0) is 32.7. The van der Waals surface area contributed by atoms with E-state index in [0.717, 1.165) is 6.92 Å². The van der Waals surface area contributed by atoms with Crippen LogP contribution in [0.2, 0.25) is 0 Å². The lowest BCUT2D eigenvalue weighted by molar-refractivity contribution is -0.155. The van der Waals surface area contributed by atoms with E-state index in [1.807, 2.05) is 22.6 Å². The highest BCUT2D eigenvalue weighted by molar-refractivity contribution is 14.1. The molecule has 236 valence electrons. The van der Waals surface area contributed by atoms with Gasteiger partial charge >= 0.3 is 23.9 Å². The molecule has 2 unspecified atom stereocenters. The van der Waals surface area contributed by atoms with Gasteiger partial charge in [-0.05, 0) is 67.8 Å². The van der Waals surface area contributed by atoms with E-state index in [-0.39, 0.29) is 67.0 Å². The molecule has 0 aliphatic rings. The molecule has 0 radical (unpaired) electrons. The molecule has 0 aliphatic heterocycles. The van der Waals surface area contributed by atoms with Crippen molar-refractivity contribution in [2.75, 3.05) is 44.4 Å². The minimum atomic E-state index is -1.32. The molecular formula is C24H32I3N3O12. The fourth-order valence-corrected chi connectivity index (χ4v) is 7.65. The lowest BCUT2D eigenvalue weighted by Crippen LogP contribution is -2.42. The molecule has 0 aliphatic carbocycles. The number of hydrogen-bond donors (Lipinski definition) is 5. The second-order valence-electron chi connectivity index (χ2n) is 8.18. The third kappa shape index (κ3) is 13.6. The Labute approximate surface area is 282 Å². The SMILES string of the molecule is CC(=O)OCCNC(=O)c1c(I)c(C(=O)O)c(I)c(N(CC(COC(C)=O)OC(C)=O)C(C)=O)c1I.NCC(O)CO. The molecular weight excluding hydrogens is 903 g/mol. The number of rotatable bonds is 13. The minimum Gasteiger partial charge on any atom is -0.478 e. The average molecular weight is 935 g/mol. The molecule has 18 heteroatoms. The third-order valence-electron chi connectivity index (χ3n) is 4.75. The van der Waals surface area contributed by atoms with Crippen molar-refractivity contribution in [1.29, 1.82) is 0 Å². The standard InChI is InChI=1S/C21H23I3N2O10.C3H9NO2/c1-9(27)26(7-13(36-12(4)30)8-35-11(3)29)19-17(23)14(16(22)15(18(19)24)21(32)33)20(31)25-5-6-34-10(2)28;4-1-3(6)2-5/h13H,5-8H2,1-4H3,(H,25,31)(H,32,33);3,5-6H,1-2,4H2. The third-order valence-corrected chi connectivity index (χ3v) is 7.93. The van der Waals surface area contributed by atoms with Gasteiger partial charge in [0.15, 0.2) is 6.10 Å². The number of nitrogens with zero attached hydrogens (tertiary/aromatic N) is 1. The van der Waals surface area contributed by atoms with Gasteiger partial charge in [0.2, 0.25) is 5.91 Å². The quantitative estimate of drug-likeness (QED) is 0.0793. The molecule has 1 rings (SSSR count). The van der Waals surface area contributed by atoms with Crippen molar-refractivity contribution in [2.45, 2.75) is 39.9 Å². The van der Waals surface area contributed by atoms with Crippen LogP contribution in [-0.4, -0.2) is 103 Å². The Balaban J connectivity index is 0.00000252. The summed E-state index contributed by atoms with van der Waals surface area (Å²) in [4.78, 5) is 72.8. The van der Waals surface area contributed by atoms with E-state index in [1.165, 1.54) is 25.7 Å². The maximum absolute atomic E-state index is 13.0. The second-order valence-corrected chi connectivity index (χ2v) is 11.4. The number of amides is 2. The first-order valence-electron chi connectivity index (χ1n) is 11.9. The van der Waals surface area contributed by atoms with Crippen LogP contribution in [0.15, 0.2) is 0 Å². The van der Waals surface area contributed by atoms with Crippen LogP contribution in [-0.2, 0) is 33.4 Å². The van der Waals surface area contributed by atoms with Gasteiger partial charge in [0.05, 0.1) is 49.8 Å². The van der Waals surface area contributed by atoms with E-state index < -0.39 is 47.9 Å². The number of halogens is 3. The first-order chi connectivity index (χ1) is 19.5. The van der Waals surface area contributed by atoms with Crippen molar-refractivity contribution in [3.05, 3.63) is 21.8 Å². The molecule has 0 aromatic heterocycles. The van der Waals surface area contributed by atoms with Crippen molar-refractivity contribution in [2.24, 2.45) is 5.73 Å². The average Bonchev–Trinajstić information content (AvgIpc) is 2.88. The van der Waals surface area contributed by atoms with Gasteiger partial charge in [-0.1, -0.05) is 0 Å². The molecule has 0 fully saturated rings. The molecule has 0 saturated heterocycles. The van der Waals surface area contributed by atoms with E-state index >= 15 is 0 Å². The van der Waals surface area contributed by atoms with Crippen LogP contribution in [0.4, 0.5) is 5.69 Å². The number of nitrogens with one attached hydrogen (secondary N) is 1. The number of ether oxygens (including phenoxy) is 3. The Hall–Kier alpha value is -1.89. The summed E-state index contributed by atoms with van der Waals surface area (Å²) < 4.78 is 15.5. The summed E-state index contributed by atoms with van der Waals surface area (Å²) in [5.74, 6) is -4.33. The highest BCUT2D eigenvalue weighted by atomic mass is 127. The fraction of sp³-hybridized carbons (Fsp3) is 0.500. The van der Waals surface area contributed by atoms with Crippen molar-refractivity contribution in [3.8, 4) is 0 Å².